The first-order chi connectivity index (χ1) is 7.40. The number of hydrogen-bond donors (Lipinski definition) is 0. The van der Waals surface area contributed by atoms with Crippen molar-refractivity contribution >= 4 is 5.82 Å². The molecule has 2 heterocycles. The molecule has 1 aromatic heterocycles. The summed E-state index contributed by atoms with van der Waals surface area (Å²) in [5.41, 5.74) is 0. The average Bonchev–Trinajstić information content (AvgIpc) is 2.32. The largest absolute Gasteiger partial charge is 0.378 e. The van der Waals surface area contributed by atoms with Crippen LogP contribution in [0, 0.1) is 6.20 Å². The molecule has 4 heteroatoms. The molecule has 0 bridgehead atoms. The second kappa shape index (κ2) is 5.07. The highest BCUT2D eigenvalue weighted by molar-refractivity contribution is 5.36. The van der Waals surface area contributed by atoms with Gasteiger partial charge in [0.1, 0.15) is 6.20 Å². The van der Waals surface area contributed by atoms with Gasteiger partial charge < -0.3 is 9.64 Å². The first kappa shape index (κ1) is 10.4. The third-order valence-electron chi connectivity index (χ3n) is 2.69. The van der Waals surface area contributed by atoms with Gasteiger partial charge in [-0.2, -0.15) is 0 Å². The maximum Gasteiger partial charge on any atom is 0.151 e. The zero-order valence-electron chi connectivity index (χ0n) is 9.02. The predicted octanol–water partition coefficient (Wildman–Crippen LogP) is 1.28. The van der Waals surface area contributed by atoms with Gasteiger partial charge in [-0.3, -0.25) is 0 Å². The van der Waals surface area contributed by atoms with Crippen molar-refractivity contribution in [2.24, 2.45) is 0 Å². The molecule has 0 aromatic carbocycles. The third kappa shape index (κ3) is 2.65. The maximum absolute atomic E-state index is 5.60. The fourth-order valence-electron chi connectivity index (χ4n) is 1.91. The minimum absolute atomic E-state index is 0.425. The first-order valence-electron chi connectivity index (χ1n) is 5.46. The fourth-order valence-corrected chi connectivity index (χ4v) is 1.91. The monoisotopic (exact) mass is 206 g/mol. The lowest BCUT2D eigenvalue weighted by atomic mass is 10.1. The van der Waals surface area contributed by atoms with Crippen LogP contribution in [0.3, 0.4) is 0 Å². The molecule has 4 nitrogen and oxygen atoms in total. The highest BCUT2D eigenvalue weighted by atomic mass is 16.5. The van der Waals surface area contributed by atoms with Crippen LogP contribution in [0.1, 0.15) is 19.8 Å². The SMILES string of the molecule is CCOC1CCN(c2cc[c]nn2)CC1. The van der Waals surface area contributed by atoms with Crippen molar-refractivity contribution in [2.75, 3.05) is 24.6 Å². The van der Waals surface area contributed by atoms with Crippen LogP contribution in [0.25, 0.3) is 0 Å². The molecular weight excluding hydrogens is 190 g/mol. The van der Waals surface area contributed by atoms with E-state index in [4.69, 9.17) is 4.74 Å². The first-order valence-corrected chi connectivity index (χ1v) is 5.46. The highest BCUT2D eigenvalue weighted by Gasteiger charge is 2.19. The van der Waals surface area contributed by atoms with E-state index in [0.29, 0.717) is 6.10 Å². The molecule has 1 aliphatic heterocycles. The molecule has 15 heavy (non-hydrogen) atoms. The quantitative estimate of drug-likeness (QED) is 0.746. The molecule has 0 spiro atoms. The van der Waals surface area contributed by atoms with Crippen molar-refractivity contribution in [3.05, 3.63) is 18.3 Å². The normalized spacial score (nSPS) is 18.1. The Labute approximate surface area is 90.3 Å². The van der Waals surface area contributed by atoms with E-state index in [0.717, 1.165) is 38.4 Å². The summed E-state index contributed by atoms with van der Waals surface area (Å²) in [6, 6.07) is 3.75. The van der Waals surface area contributed by atoms with E-state index in [1.807, 2.05) is 13.0 Å². The van der Waals surface area contributed by atoms with Gasteiger partial charge in [-0.15, -0.1) is 10.2 Å². The molecule has 0 amide bonds. The molecule has 1 aromatic rings. The van der Waals surface area contributed by atoms with E-state index in [9.17, 15) is 0 Å². The molecule has 2 rings (SSSR count). The van der Waals surface area contributed by atoms with Gasteiger partial charge in [-0.05, 0) is 31.9 Å². The summed E-state index contributed by atoms with van der Waals surface area (Å²) in [6.45, 7) is 4.86. The molecule has 0 saturated carbocycles. The van der Waals surface area contributed by atoms with Gasteiger partial charge in [0.15, 0.2) is 5.82 Å². The molecule has 1 radical (unpaired) electrons. The molecule has 0 unspecified atom stereocenters. The van der Waals surface area contributed by atoms with Crippen LogP contribution < -0.4 is 4.90 Å². The Morgan fingerprint density at radius 3 is 2.93 bits per heavy atom. The summed E-state index contributed by atoms with van der Waals surface area (Å²) >= 11 is 0. The van der Waals surface area contributed by atoms with Gasteiger partial charge in [0.05, 0.1) is 6.10 Å². The summed E-state index contributed by atoms with van der Waals surface area (Å²) in [4.78, 5) is 2.25. The van der Waals surface area contributed by atoms with Gasteiger partial charge in [-0.1, -0.05) is 0 Å². The van der Waals surface area contributed by atoms with Crippen molar-refractivity contribution in [3.63, 3.8) is 0 Å². The number of ether oxygens (including phenoxy) is 1. The van der Waals surface area contributed by atoms with E-state index in [-0.39, 0.29) is 0 Å². The standard InChI is InChI=1S/C11H16N3O/c1-2-15-10-5-8-14(9-6-10)11-4-3-7-12-13-11/h3-4,10H,2,5-6,8-9H2,1H3. The number of rotatable bonds is 3. The summed E-state index contributed by atoms with van der Waals surface area (Å²) in [7, 11) is 0. The Morgan fingerprint density at radius 2 is 2.33 bits per heavy atom. The Hall–Kier alpha value is -1.16. The van der Waals surface area contributed by atoms with E-state index >= 15 is 0 Å². The Balaban J connectivity index is 1.88. The summed E-state index contributed by atoms with van der Waals surface area (Å²) in [5.74, 6) is 0.948. The second-order valence-electron chi connectivity index (χ2n) is 3.66. The van der Waals surface area contributed by atoms with Crippen molar-refractivity contribution in [1.29, 1.82) is 0 Å². The third-order valence-corrected chi connectivity index (χ3v) is 2.69. The van der Waals surface area contributed by atoms with E-state index in [2.05, 4.69) is 21.3 Å². The lowest BCUT2D eigenvalue weighted by Crippen LogP contribution is -2.37. The highest BCUT2D eigenvalue weighted by Crippen LogP contribution is 2.18. The van der Waals surface area contributed by atoms with Crippen LogP contribution in [0.15, 0.2) is 12.1 Å². The molecule has 0 N–H and O–H groups in total. The van der Waals surface area contributed by atoms with Crippen molar-refractivity contribution in [1.82, 2.24) is 10.2 Å². The van der Waals surface area contributed by atoms with Gasteiger partial charge in [0, 0.05) is 19.7 Å². The number of hydrogen-bond acceptors (Lipinski definition) is 4. The van der Waals surface area contributed by atoms with Crippen LogP contribution in [-0.4, -0.2) is 36.0 Å². The van der Waals surface area contributed by atoms with Crippen molar-refractivity contribution < 1.29 is 4.74 Å². The smallest absolute Gasteiger partial charge is 0.151 e. The molecule has 0 aliphatic carbocycles. The van der Waals surface area contributed by atoms with Crippen LogP contribution in [-0.2, 0) is 4.74 Å². The van der Waals surface area contributed by atoms with Crippen molar-refractivity contribution in [3.8, 4) is 0 Å². The predicted molar refractivity (Wildman–Crippen MR) is 57.7 cm³/mol. The fraction of sp³-hybridized carbons (Fsp3) is 0.636. The van der Waals surface area contributed by atoms with E-state index in [1.54, 1.807) is 6.07 Å². The van der Waals surface area contributed by atoms with Gasteiger partial charge >= 0.3 is 0 Å². The average molecular weight is 206 g/mol. The van der Waals surface area contributed by atoms with Crippen molar-refractivity contribution in [2.45, 2.75) is 25.9 Å². The Bertz CT molecular complexity index is 283. The lowest BCUT2D eigenvalue weighted by Gasteiger charge is -2.32. The topological polar surface area (TPSA) is 38.2 Å². The van der Waals surface area contributed by atoms with Crippen LogP contribution >= 0.6 is 0 Å². The Kier molecular flexibility index (Phi) is 3.50. The number of anilines is 1. The minimum Gasteiger partial charge on any atom is -0.378 e. The maximum atomic E-state index is 5.60. The summed E-state index contributed by atoms with van der Waals surface area (Å²) < 4.78 is 5.60. The van der Waals surface area contributed by atoms with Crippen LogP contribution in [0.5, 0.6) is 0 Å². The summed E-state index contributed by atoms with van der Waals surface area (Å²) in [6.07, 6.45) is 5.27. The number of nitrogens with zero attached hydrogens (tertiary/aromatic N) is 3. The zero-order chi connectivity index (χ0) is 10.5. The number of aromatic nitrogens is 2. The minimum atomic E-state index is 0.425. The van der Waals surface area contributed by atoms with Crippen LogP contribution in [0.2, 0.25) is 0 Å². The molecule has 1 saturated heterocycles. The lowest BCUT2D eigenvalue weighted by molar-refractivity contribution is 0.0458. The molecule has 81 valence electrons. The molecule has 1 aliphatic rings. The molecule has 1 fully saturated rings. The molecule has 0 atom stereocenters. The van der Waals surface area contributed by atoms with E-state index < -0.39 is 0 Å². The summed E-state index contributed by atoms with van der Waals surface area (Å²) in [5, 5.41) is 7.82. The van der Waals surface area contributed by atoms with Gasteiger partial charge in [0.25, 0.3) is 0 Å². The number of piperidine rings is 1. The van der Waals surface area contributed by atoms with Gasteiger partial charge in [0.2, 0.25) is 0 Å². The second-order valence-corrected chi connectivity index (χ2v) is 3.66. The van der Waals surface area contributed by atoms with Crippen LogP contribution in [0.4, 0.5) is 5.82 Å². The molecular formula is C11H16N3O. The zero-order valence-corrected chi connectivity index (χ0v) is 9.02. The van der Waals surface area contributed by atoms with Gasteiger partial charge in [-0.25, -0.2) is 0 Å². The Morgan fingerprint density at radius 1 is 1.53 bits per heavy atom. The van der Waals surface area contributed by atoms with E-state index in [1.165, 1.54) is 0 Å².